The number of hydrogen-bond donors (Lipinski definition) is 1. The van der Waals surface area contributed by atoms with Crippen LogP contribution in [-0.4, -0.2) is 27.9 Å². The van der Waals surface area contributed by atoms with Crippen LogP contribution in [0.4, 0.5) is 13.2 Å². The summed E-state index contributed by atoms with van der Waals surface area (Å²) in [7, 11) is 0. The van der Waals surface area contributed by atoms with Crippen LogP contribution in [0.15, 0.2) is 16.9 Å². The molecule has 0 fully saturated rings. The maximum absolute atomic E-state index is 12.7. The molecule has 13 heteroatoms. The van der Waals surface area contributed by atoms with Crippen LogP contribution in [0.1, 0.15) is 22.0 Å². The summed E-state index contributed by atoms with van der Waals surface area (Å²) in [5.74, 6) is -0.229. The molecule has 0 aliphatic rings. The molecule has 1 atom stereocenters. The number of alkyl halides is 3. The molecule has 1 unspecified atom stereocenters. The van der Waals surface area contributed by atoms with Crippen molar-refractivity contribution in [3.05, 3.63) is 49.6 Å². The van der Waals surface area contributed by atoms with Crippen LogP contribution in [0, 0.1) is 6.92 Å². The molecule has 3 aromatic heterocycles. The molecule has 0 radical (unpaired) electrons. The summed E-state index contributed by atoms with van der Waals surface area (Å²) in [6.45, 7) is 1.46. The Bertz CT molecular complexity index is 1070. The molecule has 0 aliphatic heterocycles. The Morgan fingerprint density at radius 3 is 2.65 bits per heavy atom. The SMILES string of the molecule is Cc1sc2nc(Cn3nc(C(F)(F)F)cc3Cl)cc(=O)n2c1CS(=O)O. The highest BCUT2D eigenvalue weighted by Gasteiger charge is 2.34. The molecule has 3 rings (SSSR count). The van der Waals surface area contributed by atoms with E-state index in [0.717, 1.165) is 22.1 Å². The number of halogens is 4. The summed E-state index contributed by atoms with van der Waals surface area (Å²) in [6, 6.07) is 1.82. The number of nitrogens with zero attached hydrogens (tertiary/aromatic N) is 4. The first-order valence-corrected chi connectivity index (χ1v) is 9.42. The van der Waals surface area contributed by atoms with Gasteiger partial charge in [0.2, 0.25) is 0 Å². The predicted octanol–water partition coefficient (Wildman–Crippen LogP) is 2.70. The lowest BCUT2D eigenvalue weighted by Crippen LogP contribution is -2.19. The quantitative estimate of drug-likeness (QED) is 0.648. The number of aromatic nitrogens is 4. The number of hydrogen-bond acceptors (Lipinski definition) is 5. The average molecular weight is 427 g/mol. The van der Waals surface area contributed by atoms with Crippen LogP contribution in [0.25, 0.3) is 4.96 Å². The third-order valence-corrected chi connectivity index (χ3v) is 5.28. The first-order valence-electron chi connectivity index (χ1n) is 6.95. The fraction of sp³-hybridized carbons (Fsp3) is 0.308. The van der Waals surface area contributed by atoms with Crippen molar-refractivity contribution < 1.29 is 21.9 Å². The minimum absolute atomic E-state index is 0.173. The Morgan fingerprint density at radius 2 is 2.08 bits per heavy atom. The summed E-state index contributed by atoms with van der Waals surface area (Å²) >= 11 is 4.78. The monoisotopic (exact) mass is 426 g/mol. The van der Waals surface area contributed by atoms with Gasteiger partial charge in [0.1, 0.15) is 5.15 Å². The fourth-order valence-electron chi connectivity index (χ4n) is 2.34. The van der Waals surface area contributed by atoms with Crippen molar-refractivity contribution >= 4 is 39.0 Å². The van der Waals surface area contributed by atoms with Gasteiger partial charge in [-0.25, -0.2) is 13.9 Å². The Hall–Kier alpha value is -1.76. The molecule has 3 heterocycles. The van der Waals surface area contributed by atoms with E-state index in [4.69, 9.17) is 16.2 Å². The van der Waals surface area contributed by atoms with E-state index in [-0.39, 0.29) is 28.1 Å². The van der Waals surface area contributed by atoms with Crippen LogP contribution in [-0.2, 0) is 29.6 Å². The van der Waals surface area contributed by atoms with Crippen molar-refractivity contribution in [2.75, 3.05) is 0 Å². The third kappa shape index (κ3) is 3.68. The van der Waals surface area contributed by atoms with Gasteiger partial charge < -0.3 is 4.55 Å². The highest BCUT2D eigenvalue weighted by Crippen LogP contribution is 2.30. The fourth-order valence-corrected chi connectivity index (χ4v) is 4.22. The Kier molecular flexibility index (Phi) is 4.94. The van der Waals surface area contributed by atoms with Crippen LogP contribution in [0.2, 0.25) is 5.15 Å². The first kappa shape index (κ1) is 19.0. The third-order valence-electron chi connectivity index (χ3n) is 3.45. The van der Waals surface area contributed by atoms with Crippen LogP contribution < -0.4 is 5.56 Å². The van der Waals surface area contributed by atoms with Crippen molar-refractivity contribution in [2.24, 2.45) is 0 Å². The van der Waals surface area contributed by atoms with E-state index in [1.807, 2.05) is 0 Å². The lowest BCUT2D eigenvalue weighted by molar-refractivity contribution is -0.141. The number of rotatable bonds is 4. The largest absolute Gasteiger partial charge is 0.435 e. The van der Waals surface area contributed by atoms with Crippen LogP contribution >= 0.6 is 22.9 Å². The topological polar surface area (TPSA) is 89.5 Å². The summed E-state index contributed by atoms with van der Waals surface area (Å²) in [4.78, 5) is 17.5. The Labute approximate surface area is 155 Å². The Morgan fingerprint density at radius 1 is 1.38 bits per heavy atom. The zero-order valence-corrected chi connectivity index (χ0v) is 15.3. The molecular formula is C13H10ClF3N4O3S2. The highest BCUT2D eigenvalue weighted by molar-refractivity contribution is 7.78. The van der Waals surface area contributed by atoms with Crippen molar-refractivity contribution in [1.29, 1.82) is 0 Å². The van der Waals surface area contributed by atoms with E-state index in [9.17, 15) is 22.2 Å². The smallest absolute Gasteiger partial charge is 0.306 e. The lowest BCUT2D eigenvalue weighted by atomic mass is 10.4. The summed E-state index contributed by atoms with van der Waals surface area (Å²) in [6.07, 6.45) is -4.63. The van der Waals surface area contributed by atoms with Gasteiger partial charge >= 0.3 is 6.18 Å². The van der Waals surface area contributed by atoms with Gasteiger partial charge in [-0.05, 0) is 6.92 Å². The molecule has 0 amide bonds. The zero-order chi connectivity index (χ0) is 19.2. The highest BCUT2D eigenvalue weighted by atomic mass is 35.5. The van der Waals surface area contributed by atoms with Gasteiger partial charge in [-0.15, -0.1) is 11.3 Å². The molecule has 0 saturated heterocycles. The number of thiazole rings is 1. The van der Waals surface area contributed by atoms with Gasteiger partial charge in [0.15, 0.2) is 21.7 Å². The van der Waals surface area contributed by atoms with E-state index in [2.05, 4.69) is 10.1 Å². The summed E-state index contributed by atoms with van der Waals surface area (Å²) in [5, 5.41) is 3.15. The maximum atomic E-state index is 12.7. The number of aryl methyl sites for hydroxylation is 1. The summed E-state index contributed by atoms with van der Waals surface area (Å²) in [5.41, 5.74) is -1.10. The molecular weight excluding hydrogens is 417 g/mol. The van der Waals surface area contributed by atoms with Gasteiger partial charge in [-0.3, -0.25) is 9.20 Å². The second-order valence-electron chi connectivity index (χ2n) is 5.28. The van der Waals surface area contributed by atoms with Gasteiger partial charge in [-0.1, -0.05) is 11.6 Å². The minimum Gasteiger partial charge on any atom is -0.306 e. The molecule has 1 N–H and O–H groups in total. The van der Waals surface area contributed by atoms with E-state index in [1.54, 1.807) is 6.92 Å². The second kappa shape index (κ2) is 6.76. The lowest BCUT2D eigenvalue weighted by Gasteiger charge is -2.05. The van der Waals surface area contributed by atoms with Crippen molar-refractivity contribution in [3.8, 4) is 0 Å². The first-order chi connectivity index (χ1) is 12.1. The molecule has 0 aromatic carbocycles. The van der Waals surface area contributed by atoms with E-state index >= 15 is 0 Å². The van der Waals surface area contributed by atoms with Gasteiger partial charge in [-0.2, -0.15) is 18.3 Å². The van der Waals surface area contributed by atoms with E-state index < -0.39 is 28.5 Å². The van der Waals surface area contributed by atoms with Crippen LogP contribution in [0.5, 0.6) is 0 Å². The molecule has 3 aromatic rings. The second-order valence-corrected chi connectivity index (χ2v) is 7.78. The predicted molar refractivity (Wildman–Crippen MR) is 89.9 cm³/mol. The van der Waals surface area contributed by atoms with Gasteiger partial charge in [0.25, 0.3) is 5.56 Å². The number of fused-ring (bicyclic) bond motifs is 1. The summed E-state index contributed by atoms with van der Waals surface area (Å²) < 4.78 is 60.3. The van der Waals surface area contributed by atoms with Crippen molar-refractivity contribution in [1.82, 2.24) is 19.2 Å². The molecule has 7 nitrogen and oxygen atoms in total. The maximum Gasteiger partial charge on any atom is 0.435 e. The van der Waals surface area contributed by atoms with Crippen molar-refractivity contribution in [3.63, 3.8) is 0 Å². The molecule has 0 bridgehead atoms. The molecule has 0 saturated carbocycles. The molecule has 0 spiro atoms. The Balaban J connectivity index is 2.02. The average Bonchev–Trinajstić information content (AvgIpc) is 3.00. The van der Waals surface area contributed by atoms with Gasteiger partial charge in [0, 0.05) is 17.0 Å². The molecule has 26 heavy (non-hydrogen) atoms. The van der Waals surface area contributed by atoms with Gasteiger partial charge in [0.05, 0.1) is 23.7 Å². The van der Waals surface area contributed by atoms with Crippen LogP contribution in [0.3, 0.4) is 0 Å². The zero-order valence-electron chi connectivity index (χ0n) is 12.9. The van der Waals surface area contributed by atoms with E-state index in [1.165, 1.54) is 4.40 Å². The standard InChI is InChI=1S/C13H10ClF3N4O3S2/c1-6-8(5-26(23)24)21-11(22)2-7(18-12(21)25-6)4-20-10(14)3-9(19-20)13(15,16)17/h2-3H,4-5H2,1H3,(H,23,24). The molecule has 140 valence electrons. The van der Waals surface area contributed by atoms with E-state index in [0.29, 0.717) is 16.6 Å². The minimum atomic E-state index is -4.63. The normalized spacial score (nSPS) is 13.5. The van der Waals surface area contributed by atoms with Crippen molar-refractivity contribution in [2.45, 2.75) is 25.4 Å². The molecule has 0 aliphatic carbocycles.